The third kappa shape index (κ3) is 3.96. The molecule has 1 aliphatic heterocycles. The molecule has 2 N–H and O–H groups in total. The van der Waals surface area contributed by atoms with Crippen LogP contribution in [0.25, 0.3) is 0 Å². The van der Waals surface area contributed by atoms with Crippen LogP contribution in [0.15, 0.2) is 18.2 Å². The second-order valence-corrected chi connectivity index (χ2v) is 6.01. The summed E-state index contributed by atoms with van der Waals surface area (Å²) in [7, 11) is 0. The maximum absolute atomic E-state index is 10.3. The summed E-state index contributed by atoms with van der Waals surface area (Å²) < 4.78 is 0. The first-order valence-corrected chi connectivity index (χ1v) is 7.57. The molecule has 21 heavy (non-hydrogen) atoms. The molecule has 0 spiro atoms. The minimum absolute atomic E-state index is 0. The van der Waals surface area contributed by atoms with Crippen molar-refractivity contribution in [3.63, 3.8) is 0 Å². The molecule has 2 aliphatic rings. The van der Waals surface area contributed by atoms with E-state index in [0.717, 1.165) is 31.7 Å². The molecule has 2 fully saturated rings. The second kappa shape index (κ2) is 8.44. The number of rotatable bonds is 3. The van der Waals surface area contributed by atoms with E-state index in [1.807, 2.05) is 12.1 Å². The zero-order valence-corrected chi connectivity index (χ0v) is 14.3. The van der Waals surface area contributed by atoms with Crippen LogP contribution in [0.4, 0.5) is 0 Å². The Kier molecular flexibility index (Phi) is 7.58. The molecule has 0 bridgehead atoms. The summed E-state index contributed by atoms with van der Waals surface area (Å²) in [5, 5.41) is 14.2. The van der Waals surface area contributed by atoms with Crippen LogP contribution in [0.3, 0.4) is 0 Å². The minimum Gasteiger partial charge on any atom is -0.506 e. The third-order valence-electron chi connectivity index (χ3n) is 4.48. The molecule has 0 aromatic heterocycles. The number of phenolic OH excluding ortho intramolecular Hbond substituents is 1. The number of hydrogen-bond acceptors (Lipinski definition) is 3. The molecule has 6 heteroatoms. The van der Waals surface area contributed by atoms with Crippen molar-refractivity contribution in [3.8, 4) is 5.75 Å². The van der Waals surface area contributed by atoms with Gasteiger partial charge in [-0.25, -0.2) is 0 Å². The standard InChI is InChI=1S/C15H21ClN2O.2ClH/c16-13-6-2-5-12(15(13)19)14(11-3-1-4-11)18-9-7-17-8-10-18;;/h2,5-6,11,14,17,19H,1,3-4,7-10H2;2*1H/t14-;;/m0../s1. The second-order valence-electron chi connectivity index (χ2n) is 5.60. The zero-order chi connectivity index (χ0) is 13.2. The molecule has 1 aromatic rings. The monoisotopic (exact) mass is 352 g/mol. The van der Waals surface area contributed by atoms with Crippen molar-refractivity contribution in [2.75, 3.05) is 26.2 Å². The number of piperazine rings is 1. The maximum Gasteiger partial charge on any atom is 0.138 e. The maximum atomic E-state index is 10.3. The van der Waals surface area contributed by atoms with E-state index in [0.29, 0.717) is 17.0 Å². The molecule has 1 atom stereocenters. The van der Waals surface area contributed by atoms with Crippen LogP contribution < -0.4 is 5.32 Å². The van der Waals surface area contributed by atoms with Crippen molar-refractivity contribution in [3.05, 3.63) is 28.8 Å². The number of halogens is 3. The van der Waals surface area contributed by atoms with Crippen molar-refractivity contribution in [1.29, 1.82) is 0 Å². The van der Waals surface area contributed by atoms with Crippen LogP contribution in [0, 0.1) is 5.92 Å². The molecular weight excluding hydrogens is 331 g/mol. The van der Waals surface area contributed by atoms with Crippen molar-refractivity contribution >= 4 is 36.4 Å². The summed E-state index contributed by atoms with van der Waals surface area (Å²) in [6.45, 7) is 4.16. The van der Waals surface area contributed by atoms with Gasteiger partial charge in [-0.3, -0.25) is 4.90 Å². The van der Waals surface area contributed by atoms with Crippen LogP contribution in [0.2, 0.25) is 5.02 Å². The fourth-order valence-electron chi connectivity index (χ4n) is 3.24. The number of para-hydroxylation sites is 1. The van der Waals surface area contributed by atoms with Gasteiger partial charge in [0.1, 0.15) is 5.75 Å². The Morgan fingerprint density at radius 1 is 1.19 bits per heavy atom. The SMILES string of the molecule is Cl.Cl.Oc1c(Cl)cccc1[C@H](C1CCC1)N1CCNCC1. The van der Waals surface area contributed by atoms with Crippen molar-refractivity contribution in [1.82, 2.24) is 10.2 Å². The highest BCUT2D eigenvalue weighted by Crippen LogP contribution is 2.45. The summed E-state index contributed by atoms with van der Waals surface area (Å²) in [5.74, 6) is 0.946. The number of nitrogens with one attached hydrogen (secondary N) is 1. The predicted octanol–water partition coefficient (Wildman–Crippen LogP) is 3.64. The number of phenols is 1. The lowest BCUT2D eigenvalue weighted by Crippen LogP contribution is -2.47. The molecule has 1 saturated carbocycles. The average Bonchev–Trinajstić information content (AvgIpc) is 2.38. The Balaban J connectivity index is 0.00000110. The van der Waals surface area contributed by atoms with E-state index >= 15 is 0 Å². The highest BCUT2D eigenvalue weighted by molar-refractivity contribution is 6.32. The normalized spacial score (nSPS) is 20.8. The van der Waals surface area contributed by atoms with Crippen molar-refractivity contribution in [2.24, 2.45) is 5.92 Å². The molecule has 0 radical (unpaired) electrons. The number of aromatic hydroxyl groups is 1. The highest BCUT2D eigenvalue weighted by atomic mass is 35.5. The molecular formula is C15H23Cl3N2O. The fraction of sp³-hybridized carbons (Fsp3) is 0.600. The summed E-state index contributed by atoms with van der Waals surface area (Å²) >= 11 is 6.08. The summed E-state index contributed by atoms with van der Waals surface area (Å²) in [4.78, 5) is 2.51. The predicted molar refractivity (Wildman–Crippen MR) is 92.1 cm³/mol. The van der Waals surface area contributed by atoms with Gasteiger partial charge in [0.15, 0.2) is 0 Å². The van der Waals surface area contributed by atoms with Gasteiger partial charge in [-0.05, 0) is 24.8 Å². The van der Waals surface area contributed by atoms with Crippen LogP contribution >= 0.6 is 36.4 Å². The van der Waals surface area contributed by atoms with Crippen LogP contribution in [-0.4, -0.2) is 36.2 Å². The lowest BCUT2D eigenvalue weighted by molar-refractivity contribution is 0.0819. The van der Waals surface area contributed by atoms with E-state index in [1.54, 1.807) is 6.07 Å². The molecule has 0 amide bonds. The van der Waals surface area contributed by atoms with Crippen molar-refractivity contribution < 1.29 is 5.11 Å². The van der Waals surface area contributed by atoms with Gasteiger partial charge in [0.2, 0.25) is 0 Å². The van der Waals surface area contributed by atoms with E-state index in [2.05, 4.69) is 10.2 Å². The van der Waals surface area contributed by atoms with Gasteiger partial charge < -0.3 is 10.4 Å². The minimum atomic E-state index is 0. The third-order valence-corrected chi connectivity index (χ3v) is 4.78. The lowest BCUT2D eigenvalue weighted by atomic mass is 9.76. The summed E-state index contributed by atoms with van der Waals surface area (Å²) in [6, 6.07) is 6.07. The van der Waals surface area contributed by atoms with Gasteiger partial charge in [0.05, 0.1) is 5.02 Å². The quantitative estimate of drug-likeness (QED) is 0.871. The van der Waals surface area contributed by atoms with Gasteiger partial charge in [-0.1, -0.05) is 30.2 Å². The first-order chi connectivity index (χ1) is 9.27. The van der Waals surface area contributed by atoms with Crippen molar-refractivity contribution in [2.45, 2.75) is 25.3 Å². The average molecular weight is 354 g/mol. The fourth-order valence-corrected chi connectivity index (χ4v) is 3.42. The molecule has 3 rings (SSSR count). The van der Waals surface area contributed by atoms with Gasteiger partial charge >= 0.3 is 0 Å². The lowest BCUT2D eigenvalue weighted by Gasteiger charge is -2.43. The highest BCUT2D eigenvalue weighted by Gasteiger charge is 2.35. The van der Waals surface area contributed by atoms with Crippen LogP contribution in [-0.2, 0) is 0 Å². The van der Waals surface area contributed by atoms with Gasteiger partial charge in [0, 0.05) is 37.8 Å². The Morgan fingerprint density at radius 2 is 1.86 bits per heavy atom. The summed E-state index contributed by atoms with van der Waals surface area (Å²) in [5.41, 5.74) is 1.01. The van der Waals surface area contributed by atoms with E-state index in [4.69, 9.17) is 11.6 Å². The Labute approximate surface area is 143 Å². The van der Waals surface area contributed by atoms with E-state index < -0.39 is 0 Å². The number of hydrogen-bond donors (Lipinski definition) is 2. The Bertz CT molecular complexity index is 449. The summed E-state index contributed by atoms with van der Waals surface area (Å²) in [6.07, 6.45) is 3.84. The van der Waals surface area contributed by atoms with E-state index in [-0.39, 0.29) is 30.6 Å². The van der Waals surface area contributed by atoms with E-state index in [1.165, 1.54) is 19.3 Å². The van der Waals surface area contributed by atoms with Gasteiger partial charge in [0.25, 0.3) is 0 Å². The molecule has 1 aromatic carbocycles. The molecule has 3 nitrogen and oxygen atoms in total. The Morgan fingerprint density at radius 3 is 2.43 bits per heavy atom. The van der Waals surface area contributed by atoms with Gasteiger partial charge in [-0.2, -0.15) is 0 Å². The van der Waals surface area contributed by atoms with E-state index in [9.17, 15) is 5.11 Å². The molecule has 1 aliphatic carbocycles. The molecule has 120 valence electrons. The van der Waals surface area contributed by atoms with Gasteiger partial charge in [-0.15, -0.1) is 24.8 Å². The number of benzene rings is 1. The first kappa shape index (κ1) is 18.9. The first-order valence-electron chi connectivity index (χ1n) is 7.19. The van der Waals surface area contributed by atoms with Crippen LogP contribution in [0.1, 0.15) is 30.9 Å². The zero-order valence-electron chi connectivity index (χ0n) is 11.9. The largest absolute Gasteiger partial charge is 0.506 e. The molecule has 1 saturated heterocycles. The smallest absolute Gasteiger partial charge is 0.138 e. The topological polar surface area (TPSA) is 35.5 Å². The Hall–Kier alpha value is -0.190. The van der Waals surface area contributed by atoms with Crippen LogP contribution in [0.5, 0.6) is 5.75 Å². The molecule has 1 heterocycles. The number of nitrogens with zero attached hydrogens (tertiary/aromatic N) is 1. The molecule has 0 unspecified atom stereocenters.